The molecule has 2 aromatic carbocycles. The minimum atomic E-state index is -4.71. The molecule has 0 radical (unpaired) electrons. The summed E-state index contributed by atoms with van der Waals surface area (Å²) in [7, 11) is 0. The van der Waals surface area contributed by atoms with Crippen molar-refractivity contribution in [2.45, 2.75) is 12.9 Å². The van der Waals surface area contributed by atoms with Gasteiger partial charge in [-0.25, -0.2) is 9.97 Å². The van der Waals surface area contributed by atoms with Crippen molar-refractivity contribution in [3.8, 4) is 5.75 Å². The van der Waals surface area contributed by atoms with Crippen LogP contribution in [-0.4, -0.2) is 20.9 Å². The van der Waals surface area contributed by atoms with E-state index in [1.807, 2.05) is 16.7 Å². The lowest BCUT2D eigenvalue weighted by molar-refractivity contribution is -0.274. The maximum atomic E-state index is 12.3. The van der Waals surface area contributed by atoms with Crippen LogP contribution in [0, 0.1) is 0 Å². The molecule has 2 heterocycles. The lowest BCUT2D eigenvalue weighted by Crippen LogP contribution is -2.17. The van der Waals surface area contributed by atoms with Gasteiger partial charge < -0.3 is 9.30 Å². The van der Waals surface area contributed by atoms with Gasteiger partial charge in [0.2, 0.25) is 0 Å². The lowest BCUT2D eigenvalue weighted by atomic mass is 10.2. The van der Waals surface area contributed by atoms with E-state index in [1.165, 1.54) is 12.1 Å². The molecule has 0 spiro atoms. The van der Waals surface area contributed by atoms with Crippen molar-refractivity contribution < 1.29 is 17.9 Å². The van der Waals surface area contributed by atoms with Crippen molar-refractivity contribution in [1.29, 1.82) is 0 Å². The van der Waals surface area contributed by atoms with E-state index in [9.17, 15) is 13.2 Å². The van der Waals surface area contributed by atoms with Gasteiger partial charge in [0, 0.05) is 12.6 Å². The fourth-order valence-electron chi connectivity index (χ4n) is 2.56. The van der Waals surface area contributed by atoms with Crippen LogP contribution in [0.4, 0.5) is 13.2 Å². The summed E-state index contributed by atoms with van der Waals surface area (Å²) in [6, 6.07) is 10.1. The number of halogens is 3. The highest BCUT2D eigenvalue weighted by molar-refractivity contribution is 7.16. The van der Waals surface area contributed by atoms with Gasteiger partial charge in [-0.2, -0.15) is 0 Å². The summed E-state index contributed by atoms with van der Waals surface area (Å²) in [6.07, 6.45) is -3.10. The predicted octanol–water partition coefficient (Wildman–Crippen LogP) is 4.59. The highest BCUT2D eigenvalue weighted by Gasteiger charge is 2.31. The molecule has 4 rings (SSSR count). The first-order valence-corrected chi connectivity index (χ1v) is 7.89. The zero-order valence-corrected chi connectivity index (χ0v) is 12.9. The molecule has 8 heteroatoms. The largest absolute Gasteiger partial charge is 0.573 e. The predicted molar refractivity (Wildman–Crippen MR) is 85.1 cm³/mol. The van der Waals surface area contributed by atoms with Gasteiger partial charge in [0.05, 0.1) is 33.1 Å². The molecule has 24 heavy (non-hydrogen) atoms. The summed E-state index contributed by atoms with van der Waals surface area (Å²) in [5, 5.41) is 0. The summed E-state index contributed by atoms with van der Waals surface area (Å²) in [4.78, 5) is 8.40. The highest BCUT2D eigenvalue weighted by atomic mass is 32.1. The van der Waals surface area contributed by atoms with Crippen molar-refractivity contribution in [1.82, 2.24) is 14.5 Å². The smallest absolute Gasteiger partial charge is 0.406 e. The molecule has 0 saturated heterocycles. The Bertz CT molecular complexity index is 1020. The van der Waals surface area contributed by atoms with Crippen LogP contribution in [0.25, 0.3) is 21.3 Å². The maximum Gasteiger partial charge on any atom is 0.573 e. The van der Waals surface area contributed by atoms with Crippen molar-refractivity contribution in [3.05, 3.63) is 53.8 Å². The molecule has 0 unspecified atom stereocenters. The first kappa shape index (κ1) is 14.9. The van der Waals surface area contributed by atoms with Crippen LogP contribution in [0.5, 0.6) is 5.75 Å². The lowest BCUT2D eigenvalue weighted by Gasteiger charge is -2.09. The highest BCUT2D eigenvalue weighted by Crippen LogP contribution is 2.26. The molecular formula is C16H10F3N3OS. The quantitative estimate of drug-likeness (QED) is 0.543. The Hall–Kier alpha value is -2.61. The number of benzene rings is 2. The van der Waals surface area contributed by atoms with E-state index in [1.54, 1.807) is 29.2 Å². The molecule has 4 aromatic rings. The number of thiazole rings is 1. The first-order chi connectivity index (χ1) is 11.5. The Balaban J connectivity index is 1.64. The van der Waals surface area contributed by atoms with Crippen LogP contribution < -0.4 is 4.74 Å². The second-order valence-corrected chi connectivity index (χ2v) is 6.11. The molecule has 0 aliphatic heterocycles. The number of nitrogens with zero attached hydrogens (tertiary/aromatic N) is 3. The molecule has 0 aliphatic carbocycles. The van der Waals surface area contributed by atoms with Gasteiger partial charge in [-0.15, -0.1) is 24.5 Å². The third-order valence-electron chi connectivity index (χ3n) is 3.57. The Kier molecular flexibility index (Phi) is 3.42. The Labute approximate surface area is 138 Å². The summed E-state index contributed by atoms with van der Waals surface area (Å²) in [5.74, 6) is -0.272. The Morgan fingerprint density at radius 1 is 1.04 bits per heavy atom. The average Bonchev–Trinajstić information content (AvgIpc) is 3.12. The van der Waals surface area contributed by atoms with Crippen LogP contribution >= 0.6 is 11.3 Å². The van der Waals surface area contributed by atoms with E-state index in [0.29, 0.717) is 12.1 Å². The van der Waals surface area contributed by atoms with E-state index >= 15 is 0 Å². The van der Waals surface area contributed by atoms with Gasteiger partial charge in [0.15, 0.2) is 0 Å². The molecule has 0 fully saturated rings. The summed E-state index contributed by atoms with van der Waals surface area (Å²) >= 11 is 1.57. The molecule has 2 aromatic heterocycles. The van der Waals surface area contributed by atoms with Gasteiger partial charge in [0.25, 0.3) is 0 Å². The second kappa shape index (κ2) is 5.48. The molecule has 0 aliphatic rings. The number of rotatable bonds is 3. The number of aromatic nitrogens is 3. The van der Waals surface area contributed by atoms with Gasteiger partial charge in [-0.05, 0) is 29.8 Å². The van der Waals surface area contributed by atoms with E-state index in [-0.39, 0.29) is 5.75 Å². The van der Waals surface area contributed by atoms with Crippen LogP contribution in [0.15, 0.2) is 48.2 Å². The van der Waals surface area contributed by atoms with Crippen molar-refractivity contribution in [2.24, 2.45) is 0 Å². The summed E-state index contributed by atoms with van der Waals surface area (Å²) < 4.78 is 43.8. The molecule has 0 atom stereocenters. The van der Waals surface area contributed by atoms with Gasteiger partial charge in [-0.1, -0.05) is 6.07 Å². The molecule has 0 saturated carbocycles. The minimum absolute atomic E-state index is 0.272. The van der Waals surface area contributed by atoms with E-state index in [0.717, 1.165) is 21.3 Å². The number of fused-ring (bicyclic) bond motifs is 2. The van der Waals surface area contributed by atoms with Gasteiger partial charge in [0.1, 0.15) is 5.75 Å². The molecule has 0 bridgehead atoms. The second-order valence-electron chi connectivity index (χ2n) is 5.23. The van der Waals surface area contributed by atoms with Crippen molar-refractivity contribution >= 4 is 32.6 Å². The zero-order chi connectivity index (χ0) is 16.7. The van der Waals surface area contributed by atoms with Gasteiger partial charge in [-0.3, -0.25) is 0 Å². The Morgan fingerprint density at radius 3 is 2.75 bits per heavy atom. The standard InChI is InChI=1S/C16H10F3N3OS/c17-16(18,19)23-11-2-4-14-13(6-11)20-8-22(14)7-10-1-3-12-15(5-10)24-9-21-12/h1-6,8-9H,7H2. The van der Waals surface area contributed by atoms with Crippen molar-refractivity contribution in [3.63, 3.8) is 0 Å². The van der Waals surface area contributed by atoms with E-state index < -0.39 is 6.36 Å². The normalized spacial score (nSPS) is 12.1. The van der Waals surface area contributed by atoms with Crippen LogP contribution in [-0.2, 0) is 6.54 Å². The summed E-state index contributed by atoms with van der Waals surface area (Å²) in [5.41, 5.74) is 5.02. The minimum Gasteiger partial charge on any atom is -0.406 e. The third-order valence-corrected chi connectivity index (χ3v) is 4.37. The molecular weight excluding hydrogens is 339 g/mol. The average molecular weight is 349 g/mol. The fourth-order valence-corrected chi connectivity index (χ4v) is 3.30. The molecule has 0 N–H and O–H groups in total. The number of alkyl halides is 3. The number of hydrogen-bond acceptors (Lipinski definition) is 4. The van der Waals surface area contributed by atoms with Gasteiger partial charge >= 0.3 is 6.36 Å². The zero-order valence-electron chi connectivity index (χ0n) is 12.1. The maximum absolute atomic E-state index is 12.3. The molecule has 4 nitrogen and oxygen atoms in total. The molecule has 122 valence electrons. The topological polar surface area (TPSA) is 39.9 Å². The van der Waals surface area contributed by atoms with E-state index in [2.05, 4.69) is 20.8 Å². The number of imidazole rings is 1. The van der Waals surface area contributed by atoms with Crippen LogP contribution in [0.1, 0.15) is 5.56 Å². The van der Waals surface area contributed by atoms with Crippen LogP contribution in [0.3, 0.4) is 0 Å². The van der Waals surface area contributed by atoms with Crippen LogP contribution in [0.2, 0.25) is 0 Å². The monoisotopic (exact) mass is 349 g/mol. The van der Waals surface area contributed by atoms with Crippen molar-refractivity contribution in [2.75, 3.05) is 0 Å². The summed E-state index contributed by atoms with van der Waals surface area (Å²) in [6.45, 7) is 0.573. The first-order valence-electron chi connectivity index (χ1n) is 7.01. The third kappa shape index (κ3) is 2.92. The SMILES string of the molecule is FC(F)(F)Oc1ccc2c(c1)ncn2Cc1ccc2ncsc2c1. The van der Waals surface area contributed by atoms with E-state index in [4.69, 9.17) is 0 Å². The number of ether oxygens (including phenoxy) is 1. The molecule has 0 amide bonds. The fraction of sp³-hybridized carbons (Fsp3) is 0.125. The Morgan fingerprint density at radius 2 is 1.92 bits per heavy atom. The number of hydrogen-bond donors (Lipinski definition) is 0.